The van der Waals surface area contributed by atoms with Crippen molar-refractivity contribution < 1.29 is 18.0 Å². The molecule has 2 aromatic heterocycles. The van der Waals surface area contributed by atoms with Crippen LogP contribution >= 0.6 is 0 Å². The molecule has 6 heteroatoms. The molecule has 3 aromatic rings. The molecule has 4 nitrogen and oxygen atoms in total. The van der Waals surface area contributed by atoms with Crippen LogP contribution in [0.15, 0.2) is 58.4 Å². The van der Waals surface area contributed by atoms with Gasteiger partial charge in [0.25, 0.3) is 5.92 Å². The summed E-state index contributed by atoms with van der Waals surface area (Å²) in [6, 6.07) is 6.99. The molecule has 1 aromatic carbocycles. The van der Waals surface area contributed by atoms with Gasteiger partial charge >= 0.3 is 0 Å². The molecule has 1 aliphatic heterocycles. The largest absolute Gasteiger partial charge is 0.454 e. The maximum absolute atomic E-state index is 14.0. The third-order valence-electron chi connectivity index (χ3n) is 5.93. The van der Waals surface area contributed by atoms with Crippen molar-refractivity contribution in [1.82, 2.24) is 4.57 Å². The van der Waals surface area contributed by atoms with Crippen molar-refractivity contribution in [3.63, 3.8) is 0 Å². The summed E-state index contributed by atoms with van der Waals surface area (Å²) >= 11 is 0. The molecule has 30 heavy (non-hydrogen) atoms. The molecule has 2 aliphatic rings. The zero-order valence-electron chi connectivity index (χ0n) is 16.2. The topological polar surface area (TPSA) is 52.2 Å². The number of furan rings is 1. The van der Waals surface area contributed by atoms with Crippen LogP contribution in [0.1, 0.15) is 40.7 Å². The number of benzene rings is 1. The van der Waals surface area contributed by atoms with Gasteiger partial charge in [0.1, 0.15) is 5.58 Å². The fourth-order valence-electron chi connectivity index (χ4n) is 4.46. The predicted octanol–water partition coefficient (Wildman–Crippen LogP) is 5.39. The number of hydrogen-bond acceptors (Lipinski definition) is 3. The number of aromatic nitrogens is 1. The van der Waals surface area contributed by atoms with Crippen LogP contribution in [0.25, 0.3) is 28.0 Å². The van der Waals surface area contributed by atoms with Gasteiger partial charge in [-0.2, -0.15) is 0 Å². The summed E-state index contributed by atoms with van der Waals surface area (Å²) in [6.07, 6.45) is 5.07. The minimum atomic E-state index is -2.72. The molecule has 0 fully saturated rings. The molecule has 3 heterocycles. The Hall–Kier alpha value is -3.28. The second-order valence-corrected chi connectivity index (χ2v) is 7.84. The zero-order chi connectivity index (χ0) is 21.0. The van der Waals surface area contributed by atoms with E-state index >= 15 is 0 Å². The molecule has 0 bridgehead atoms. The Morgan fingerprint density at radius 3 is 2.90 bits per heavy atom. The van der Waals surface area contributed by atoms with E-state index in [0.717, 1.165) is 17.0 Å². The van der Waals surface area contributed by atoms with E-state index in [-0.39, 0.29) is 18.4 Å². The number of alkyl halides is 2. The van der Waals surface area contributed by atoms with Crippen molar-refractivity contribution in [3.8, 4) is 11.5 Å². The highest BCUT2D eigenvalue weighted by Crippen LogP contribution is 2.43. The van der Waals surface area contributed by atoms with Crippen LogP contribution in [0.3, 0.4) is 0 Å². The van der Waals surface area contributed by atoms with Gasteiger partial charge in [-0.05, 0) is 24.5 Å². The monoisotopic (exact) mass is 407 g/mol. The van der Waals surface area contributed by atoms with E-state index in [0.29, 0.717) is 47.6 Å². The third kappa shape index (κ3) is 2.86. The van der Waals surface area contributed by atoms with Crippen molar-refractivity contribution in [2.45, 2.75) is 38.2 Å². The second-order valence-electron chi connectivity index (χ2n) is 7.84. The highest BCUT2D eigenvalue weighted by molar-refractivity contribution is 6.04. The first-order chi connectivity index (χ1) is 14.4. The smallest absolute Gasteiger partial charge is 0.252 e. The summed E-state index contributed by atoms with van der Waals surface area (Å²) in [5.74, 6) is -2.58. The summed E-state index contributed by atoms with van der Waals surface area (Å²) in [7, 11) is 0. The Morgan fingerprint density at radius 1 is 1.30 bits per heavy atom. The molecule has 0 radical (unpaired) electrons. The number of para-hydroxylation sites is 1. The molecular weight excluding hydrogens is 388 g/mol. The van der Waals surface area contributed by atoms with Crippen molar-refractivity contribution in [2.24, 2.45) is 0 Å². The van der Waals surface area contributed by atoms with Gasteiger partial charge in [0, 0.05) is 48.2 Å². The lowest BCUT2D eigenvalue weighted by atomic mass is 9.90. The number of halogens is 2. The minimum Gasteiger partial charge on any atom is -0.454 e. The lowest BCUT2D eigenvalue weighted by Gasteiger charge is -2.22. The molecule has 0 saturated heterocycles. The number of carbonyl (C=O) groups excluding carboxylic acids is 1. The standard InChI is InChI=1S/C24H19F2NO3/c1-2-20(28)18-13-27-10-8-17-16-7-3-6-15(14-5-4-9-24(25,26)12-14)22(16)30-23(17)19(27)11-21(18)29/h2-3,5-7,11,13H,1,4,8-10,12H2. The maximum atomic E-state index is 14.0. The molecule has 0 spiro atoms. The van der Waals surface area contributed by atoms with Gasteiger partial charge in [-0.15, -0.1) is 0 Å². The summed E-state index contributed by atoms with van der Waals surface area (Å²) in [6.45, 7) is 4.03. The number of rotatable bonds is 3. The van der Waals surface area contributed by atoms with E-state index in [4.69, 9.17) is 4.42 Å². The number of pyridine rings is 1. The van der Waals surface area contributed by atoms with E-state index < -0.39 is 17.1 Å². The number of allylic oxidation sites excluding steroid dienone is 3. The predicted molar refractivity (Wildman–Crippen MR) is 111 cm³/mol. The molecule has 0 saturated carbocycles. The molecule has 152 valence electrons. The summed E-state index contributed by atoms with van der Waals surface area (Å²) < 4.78 is 36.0. The normalized spacial score (nSPS) is 17.2. The van der Waals surface area contributed by atoms with E-state index in [1.54, 1.807) is 6.20 Å². The fraction of sp³-hybridized carbons (Fsp3) is 0.250. The van der Waals surface area contributed by atoms with Crippen molar-refractivity contribution >= 4 is 22.3 Å². The number of carbonyl (C=O) groups is 1. The van der Waals surface area contributed by atoms with Gasteiger partial charge in [0.2, 0.25) is 0 Å². The molecular formula is C24H19F2NO3. The molecule has 0 unspecified atom stereocenters. The second kappa shape index (κ2) is 6.62. The fourth-order valence-corrected chi connectivity index (χ4v) is 4.46. The van der Waals surface area contributed by atoms with Gasteiger partial charge in [-0.25, -0.2) is 8.78 Å². The van der Waals surface area contributed by atoms with E-state index in [1.807, 2.05) is 28.8 Å². The zero-order valence-corrected chi connectivity index (χ0v) is 16.2. The maximum Gasteiger partial charge on any atom is 0.252 e. The number of hydrogen-bond donors (Lipinski definition) is 0. The van der Waals surface area contributed by atoms with Crippen LogP contribution < -0.4 is 5.43 Å². The van der Waals surface area contributed by atoms with Gasteiger partial charge in [-0.3, -0.25) is 9.59 Å². The van der Waals surface area contributed by atoms with Gasteiger partial charge in [0.05, 0.1) is 11.3 Å². The molecule has 0 N–H and O–H groups in total. The van der Waals surface area contributed by atoms with Crippen LogP contribution in [0.2, 0.25) is 0 Å². The summed E-state index contributed by atoms with van der Waals surface area (Å²) in [4.78, 5) is 24.4. The Balaban J connectivity index is 1.69. The van der Waals surface area contributed by atoms with Crippen LogP contribution in [0, 0.1) is 0 Å². The summed E-state index contributed by atoms with van der Waals surface area (Å²) in [5.41, 5.74) is 3.06. The Labute approximate surface area is 171 Å². The van der Waals surface area contributed by atoms with Crippen molar-refractivity contribution in [1.29, 1.82) is 0 Å². The van der Waals surface area contributed by atoms with Crippen LogP contribution in [-0.4, -0.2) is 16.3 Å². The first-order valence-corrected chi connectivity index (χ1v) is 9.91. The average molecular weight is 407 g/mol. The Bertz CT molecular complexity index is 1310. The van der Waals surface area contributed by atoms with Crippen LogP contribution in [0.4, 0.5) is 8.78 Å². The van der Waals surface area contributed by atoms with E-state index in [9.17, 15) is 18.4 Å². The SMILES string of the molecule is C=CC(=O)c1cn2c(cc1=O)-c1oc3c(C4=CCCC(F)(F)C4)cccc3c1CC2. The Kier molecular flexibility index (Phi) is 4.13. The van der Waals surface area contributed by atoms with E-state index in [2.05, 4.69) is 6.58 Å². The lowest BCUT2D eigenvalue weighted by Crippen LogP contribution is -2.20. The third-order valence-corrected chi connectivity index (χ3v) is 5.93. The van der Waals surface area contributed by atoms with Gasteiger partial charge in [-0.1, -0.05) is 30.9 Å². The minimum absolute atomic E-state index is 0.0728. The highest BCUT2D eigenvalue weighted by atomic mass is 19.3. The lowest BCUT2D eigenvalue weighted by molar-refractivity contribution is -0.00428. The first kappa shape index (κ1) is 18.7. The molecule has 0 atom stereocenters. The van der Waals surface area contributed by atoms with E-state index in [1.165, 1.54) is 6.07 Å². The van der Waals surface area contributed by atoms with Gasteiger partial charge in [0.15, 0.2) is 17.0 Å². The highest BCUT2D eigenvalue weighted by Gasteiger charge is 2.34. The average Bonchev–Trinajstić information content (AvgIpc) is 3.11. The number of ketones is 1. The quantitative estimate of drug-likeness (QED) is 0.432. The van der Waals surface area contributed by atoms with Crippen molar-refractivity contribution in [3.05, 3.63) is 76.1 Å². The van der Waals surface area contributed by atoms with Gasteiger partial charge < -0.3 is 8.98 Å². The Morgan fingerprint density at radius 2 is 2.13 bits per heavy atom. The first-order valence-electron chi connectivity index (χ1n) is 9.91. The molecule has 1 aliphatic carbocycles. The number of aryl methyl sites for hydroxylation is 2. The van der Waals surface area contributed by atoms with Crippen molar-refractivity contribution in [2.75, 3.05) is 0 Å². The van der Waals surface area contributed by atoms with Crippen LogP contribution in [-0.2, 0) is 13.0 Å². The van der Waals surface area contributed by atoms with Crippen LogP contribution in [0.5, 0.6) is 0 Å². The molecule has 0 amide bonds. The summed E-state index contributed by atoms with van der Waals surface area (Å²) in [5, 5.41) is 0.877. The number of fused-ring (bicyclic) bond motifs is 5. The molecule has 5 rings (SSSR count). The number of nitrogens with zero attached hydrogens (tertiary/aromatic N) is 1.